The second-order valence-electron chi connectivity index (χ2n) is 5.20. The van der Waals surface area contributed by atoms with Gasteiger partial charge in [-0.2, -0.15) is 15.1 Å². The van der Waals surface area contributed by atoms with Crippen molar-refractivity contribution < 1.29 is 14.3 Å². The molecule has 1 aliphatic rings. The summed E-state index contributed by atoms with van der Waals surface area (Å²) >= 11 is 0. The van der Waals surface area contributed by atoms with E-state index in [1.54, 1.807) is 4.68 Å². The molecule has 3 heterocycles. The van der Waals surface area contributed by atoms with Gasteiger partial charge in [0.2, 0.25) is 5.91 Å². The van der Waals surface area contributed by atoms with Gasteiger partial charge in [-0.25, -0.2) is 9.48 Å². The molecule has 1 fully saturated rings. The Morgan fingerprint density at radius 1 is 1.30 bits per heavy atom. The number of amides is 2. The van der Waals surface area contributed by atoms with Gasteiger partial charge in [-0.15, -0.1) is 0 Å². The Hall–Kier alpha value is -2.97. The van der Waals surface area contributed by atoms with Gasteiger partial charge in [-0.3, -0.25) is 9.69 Å². The van der Waals surface area contributed by atoms with Crippen LogP contribution in [0.25, 0.3) is 5.95 Å². The summed E-state index contributed by atoms with van der Waals surface area (Å²) in [6.07, 6.45) is -0.475. The Balaban J connectivity index is 2.09. The number of aromatic nitrogens is 4. The lowest BCUT2D eigenvalue weighted by Gasteiger charge is -2.14. The number of carbonyl (C=O) groups excluding carboxylic acids is 2. The van der Waals surface area contributed by atoms with Gasteiger partial charge in [0.1, 0.15) is 18.2 Å². The minimum absolute atomic E-state index is 0.266. The minimum Gasteiger partial charge on any atom is -0.447 e. The fourth-order valence-corrected chi connectivity index (χ4v) is 2.33. The first-order valence-electron chi connectivity index (χ1n) is 7.08. The average molecular weight is 316 g/mol. The smallest absolute Gasteiger partial charge is 0.415 e. The van der Waals surface area contributed by atoms with Crippen LogP contribution in [-0.2, 0) is 9.53 Å². The molecule has 0 aliphatic carbocycles. The summed E-state index contributed by atoms with van der Waals surface area (Å²) in [5, 5.41) is 6.94. The molecule has 0 saturated carbocycles. The quantitative estimate of drug-likeness (QED) is 0.912. The number of nitrogens with zero attached hydrogens (tertiary/aromatic N) is 5. The van der Waals surface area contributed by atoms with E-state index in [4.69, 9.17) is 4.74 Å². The lowest BCUT2D eigenvalue weighted by molar-refractivity contribution is -0.114. The van der Waals surface area contributed by atoms with Crippen molar-refractivity contribution in [2.75, 3.05) is 23.4 Å². The zero-order chi connectivity index (χ0) is 16.6. The van der Waals surface area contributed by atoms with Crippen LogP contribution in [0.1, 0.15) is 18.3 Å². The van der Waals surface area contributed by atoms with Gasteiger partial charge >= 0.3 is 6.09 Å². The van der Waals surface area contributed by atoms with Crippen LogP contribution in [0.15, 0.2) is 12.1 Å². The van der Waals surface area contributed by atoms with E-state index in [0.29, 0.717) is 24.8 Å². The van der Waals surface area contributed by atoms with E-state index < -0.39 is 6.09 Å². The summed E-state index contributed by atoms with van der Waals surface area (Å²) in [6.45, 7) is 5.81. The lowest BCUT2D eigenvalue weighted by atomic mass is 10.4. The number of cyclic esters (lactones) is 1. The molecule has 0 aromatic carbocycles. The Labute approximate surface area is 132 Å². The molecule has 2 aromatic rings. The maximum absolute atomic E-state index is 11.8. The first kappa shape index (κ1) is 14.9. The fourth-order valence-electron chi connectivity index (χ4n) is 2.33. The fraction of sp³-hybridized carbons (Fsp3) is 0.357. The summed E-state index contributed by atoms with van der Waals surface area (Å²) in [4.78, 5) is 33.2. The van der Waals surface area contributed by atoms with E-state index in [-0.39, 0.29) is 11.9 Å². The SMILES string of the molecule is CC(=O)Nc1cc(N2CCOC2=O)nc(-n2nc(C)cc2C)n1. The van der Waals surface area contributed by atoms with Crippen LogP contribution >= 0.6 is 0 Å². The third kappa shape index (κ3) is 2.98. The molecule has 0 unspecified atom stereocenters. The van der Waals surface area contributed by atoms with Crippen LogP contribution in [0.5, 0.6) is 0 Å². The molecule has 9 heteroatoms. The molecule has 23 heavy (non-hydrogen) atoms. The number of hydrogen-bond donors (Lipinski definition) is 1. The maximum Gasteiger partial charge on any atom is 0.415 e. The van der Waals surface area contributed by atoms with Crippen LogP contribution in [0.3, 0.4) is 0 Å². The van der Waals surface area contributed by atoms with Crippen molar-refractivity contribution in [1.82, 2.24) is 19.7 Å². The monoisotopic (exact) mass is 316 g/mol. The van der Waals surface area contributed by atoms with Gasteiger partial charge in [0, 0.05) is 18.7 Å². The van der Waals surface area contributed by atoms with Crippen molar-refractivity contribution in [3.8, 4) is 5.95 Å². The minimum atomic E-state index is -0.475. The molecular weight excluding hydrogens is 300 g/mol. The second-order valence-corrected chi connectivity index (χ2v) is 5.20. The molecule has 9 nitrogen and oxygen atoms in total. The van der Waals surface area contributed by atoms with Crippen molar-refractivity contribution in [3.05, 3.63) is 23.5 Å². The number of nitrogens with one attached hydrogen (secondary N) is 1. The number of hydrogen-bond acceptors (Lipinski definition) is 6. The summed E-state index contributed by atoms with van der Waals surface area (Å²) in [5.41, 5.74) is 1.66. The highest BCUT2D eigenvalue weighted by Gasteiger charge is 2.26. The zero-order valence-electron chi connectivity index (χ0n) is 13.0. The van der Waals surface area contributed by atoms with E-state index in [1.165, 1.54) is 17.9 Å². The first-order chi connectivity index (χ1) is 10.9. The highest BCUT2D eigenvalue weighted by atomic mass is 16.6. The summed E-state index contributed by atoms with van der Waals surface area (Å²) in [7, 11) is 0. The van der Waals surface area contributed by atoms with E-state index in [0.717, 1.165) is 11.4 Å². The van der Waals surface area contributed by atoms with Crippen molar-refractivity contribution in [2.24, 2.45) is 0 Å². The highest BCUT2D eigenvalue weighted by molar-refractivity contribution is 5.91. The van der Waals surface area contributed by atoms with Gasteiger partial charge in [0.15, 0.2) is 0 Å². The Kier molecular flexibility index (Phi) is 3.68. The summed E-state index contributed by atoms with van der Waals surface area (Å²) < 4.78 is 6.49. The Bertz CT molecular complexity index is 785. The Morgan fingerprint density at radius 2 is 2.09 bits per heavy atom. The van der Waals surface area contributed by atoms with Crippen molar-refractivity contribution >= 4 is 23.6 Å². The van der Waals surface area contributed by atoms with Crippen molar-refractivity contribution in [2.45, 2.75) is 20.8 Å². The molecule has 0 spiro atoms. The third-order valence-corrected chi connectivity index (χ3v) is 3.24. The predicted octanol–water partition coefficient (Wildman–Crippen LogP) is 1.19. The standard InChI is InChI=1S/C14H16N6O3/c1-8-6-9(2)20(18-8)13-16-11(15-10(3)21)7-12(17-13)19-4-5-23-14(19)22/h6-7H,4-5H2,1-3H3,(H,15,16,17,21). The molecule has 2 aromatic heterocycles. The van der Waals surface area contributed by atoms with Gasteiger partial charge in [0.05, 0.1) is 12.2 Å². The zero-order valence-corrected chi connectivity index (χ0v) is 13.0. The highest BCUT2D eigenvalue weighted by Crippen LogP contribution is 2.21. The van der Waals surface area contributed by atoms with E-state index in [9.17, 15) is 9.59 Å². The molecule has 120 valence electrons. The summed E-state index contributed by atoms with van der Waals surface area (Å²) in [6, 6.07) is 3.42. The number of carbonyl (C=O) groups is 2. The van der Waals surface area contributed by atoms with Gasteiger partial charge in [-0.05, 0) is 19.9 Å². The van der Waals surface area contributed by atoms with Crippen LogP contribution in [0.2, 0.25) is 0 Å². The molecule has 1 saturated heterocycles. The number of rotatable bonds is 3. The largest absolute Gasteiger partial charge is 0.447 e. The van der Waals surface area contributed by atoms with Gasteiger partial charge in [0.25, 0.3) is 5.95 Å². The number of anilines is 2. The molecule has 3 rings (SSSR count). The molecule has 0 atom stereocenters. The van der Waals surface area contributed by atoms with Crippen LogP contribution in [-0.4, -0.2) is 44.9 Å². The molecule has 0 bridgehead atoms. The average Bonchev–Trinajstić information content (AvgIpc) is 3.03. The molecule has 1 N–H and O–H groups in total. The van der Waals surface area contributed by atoms with E-state index in [2.05, 4.69) is 20.4 Å². The third-order valence-electron chi connectivity index (χ3n) is 3.24. The van der Waals surface area contributed by atoms with Gasteiger partial charge < -0.3 is 10.1 Å². The lowest BCUT2D eigenvalue weighted by Crippen LogP contribution is -2.25. The van der Waals surface area contributed by atoms with Crippen molar-refractivity contribution in [3.63, 3.8) is 0 Å². The molecule has 2 amide bonds. The van der Waals surface area contributed by atoms with E-state index in [1.807, 2.05) is 19.9 Å². The number of aryl methyl sites for hydroxylation is 2. The van der Waals surface area contributed by atoms with Crippen molar-refractivity contribution in [1.29, 1.82) is 0 Å². The van der Waals surface area contributed by atoms with E-state index >= 15 is 0 Å². The normalized spacial score (nSPS) is 14.0. The number of ether oxygens (including phenoxy) is 1. The second kappa shape index (κ2) is 5.67. The molecule has 1 aliphatic heterocycles. The maximum atomic E-state index is 11.8. The summed E-state index contributed by atoms with van der Waals surface area (Å²) in [5.74, 6) is 0.660. The Morgan fingerprint density at radius 3 is 2.65 bits per heavy atom. The molecule has 0 radical (unpaired) electrons. The van der Waals surface area contributed by atoms with Gasteiger partial charge in [-0.1, -0.05) is 0 Å². The topological polar surface area (TPSA) is 102 Å². The van der Waals surface area contributed by atoms with Crippen LogP contribution in [0.4, 0.5) is 16.4 Å². The first-order valence-corrected chi connectivity index (χ1v) is 7.08. The van der Waals surface area contributed by atoms with Crippen LogP contribution in [0, 0.1) is 13.8 Å². The molecular formula is C14H16N6O3. The van der Waals surface area contributed by atoms with Crippen LogP contribution < -0.4 is 10.2 Å². The predicted molar refractivity (Wildman–Crippen MR) is 81.6 cm³/mol.